The largest absolute Gasteiger partial charge is 0.478 e. The molecule has 0 unspecified atom stereocenters. The lowest BCUT2D eigenvalue weighted by Crippen LogP contribution is -2.11. The lowest BCUT2D eigenvalue weighted by atomic mass is 10.2. The zero-order valence-corrected chi connectivity index (χ0v) is 10.2. The van der Waals surface area contributed by atoms with Gasteiger partial charge >= 0.3 is 5.97 Å². The van der Waals surface area contributed by atoms with E-state index in [1.54, 1.807) is 6.92 Å². The maximum atomic E-state index is 11.8. The summed E-state index contributed by atoms with van der Waals surface area (Å²) in [7, 11) is 0. The molecule has 0 saturated heterocycles. The summed E-state index contributed by atoms with van der Waals surface area (Å²) in [4.78, 5) is 22.9. The third kappa shape index (κ3) is 2.51. The minimum absolute atomic E-state index is 0.170. The van der Waals surface area contributed by atoms with Crippen molar-refractivity contribution >= 4 is 29.1 Å². The van der Waals surface area contributed by atoms with Crippen molar-refractivity contribution in [1.82, 2.24) is 9.59 Å². The number of nitrogens with zero attached hydrogens (tertiary/aromatic N) is 2. The fraction of sp³-hybridized carbons (Fsp3) is 0.0909. The normalized spacial score (nSPS) is 10.1. The standard InChI is InChI=1S/C11H9N3O3S/c1-6-9(18-14-13-6)10(15)12-8-4-2-7(3-5-8)11(16)17/h2-5H,1H3,(H,12,15)(H,16,17). The molecule has 1 heterocycles. The van der Waals surface area contributed by atoms with Gasteiger partial charge in [0.15, 0.2) is 0 Å². The van der Waals surface area contributed by atoms with Gasteiger partial charge in [0.2, 0.25) is 0 Å². The number of hydrogen-bond donors (Lipinski definition) is 2. The third-order valence-electron chi connectivity index (χ3n) is 2.25. The van der Waals surface area contributed by atoms with Crippen molar-refractivity contribution < 1.29 is 14.7 Å². The molecule has 0 aliphatic rings. The van der Waals surface area contributed by atoms with Crippen molar-refractivity contribution in [3.05, 3.63) is 40.4 Å². The van der Waals surface area contributed by atoms with Crippen LogP contribution in [0.1, 0.15) is 25.7 Å². The molecule has 0 saturated carbocycles. The summed E-state index contributed by atoms with van der Waals surface area (Å²) in [5, 5.41) is 15.1. The highest BCUT2D eigenvalue weighted by Crippen LogP contribution is 2.14. The van der Waals surface area contributed by atoms with E-state index in [1.165, 1.54) is 24.3 Å². The van der Waals surface area contributed by atoms with Crippen molar-refractivity contribution in [3.8, 4) is 0 Å². The molecule has 7 heteroatoms. The van der Waals surface area contributed by atoms with Crippen LogP contribution < -0.4 is 5.32 Å². The molecular weight excluding hydrogens is 254 g/mol. The van der Waals surface area contributed by atoms with Gasteiger partial charge in [0.25, 0.3) is 5.91 Å². The third-order valence-corrected chi connectivity index (χ3v) is 3.07. The zero-order valence-electron chi connectivity index (χ0n) is 9.38. The highest BCUT2D eigenvalue weighted by atomic mass is 32.1. The number of carbonyl (C=O) groups excluding carboxylic acids is 1. The van der Waals surface area contributed by atoms with E-state index < -0.39 is 5.97 Å². The Labute approximate surface area is 106 Å². The number of aryl methyl sites for hydroxylation is 1. The Morgan fingerprint density at radius 1 is 1.28 bits per heavy atom. The molecule has 1 aromatic carbocycles. The summed E-state index contributed by atoms with van der Waals surface area (Å²) < 4.78 is 3.67. The van der Waals surface area contributed by atoms with E-state index in [1.807, 2.05) is 0 Å². The van der Waals surface area contributed by atoms with Gasteiger partial charge in [0, 0.05) is 5.69 Å². The topological polar surface area (TPSA) is 92.2 Å². The van der Waals surface area contributed by atoms with Crippen LogP contribution in [0.25, 0.3) is 0 Å². The van der Waals surface area contributed by atoms with Gasteiger partial charge < -0.3 is 10.4 Å². The second-order valence-electron chi connectivity index (χ2n) is 3.52. The van der Waals surface area contributed by atoms with Crippen molar-refractivity contribution in [3.63, 3.8) is 0 Å². The van der Waals surface area contributed by atoms with Gasteiger partial charge in [-0.3, -0.25) is 4.79 Å². The second-order valence-corrected chi connectivity index (χ2v) is 4.28. The van der Waals surface area contributed by atoms with Gasteiger partial charge in [0.05, 0.1) is 11.3 Å². The molecular formula is C11H9N3O3S. The number of aromatic nitrogens is 2. The number of carboxylic acids is 1. The van der Waals surface area contributed by atoms with E-state index >= 15 is 0 Å². The van der Waals surface area contributed by atoms with Crippen molar-refractivity contribution in [2.24, 2.45) is 0 Å². The predicted octanol–water partition coefficient (Wildman–Crippen LogP) is 1.80. The number of benzene rings is 1. The first kappa shape index (κ1) is 12.2. The highest BCUT2D eigenvalue weighted by Gasteiger charge is 2.13. The smallest absolute Gasteiger partial charge is 0.335 e. The summed E-state index contributed by atoms with van der Waals surface area (Å²) >= 11 is 1.02. The van der Waals surface area contributed by atoms with Crippen molar-refractivity contribution in [2.75, 3.05) is 5.32 Å². The first-order valence-corrected chi connectivity index (χ1v) is 5.79. The number of nitrogens with one attached hydrogen (secondary N) is 1. The molecule has 0 atom stereocenters. The Hall–Kier alpha value is -2.28. The van der Waals surface area contributed by atoms with Gasteiger partial charge in [-0.15, -0.1) is 5.10 Å². The Morgan fingerprint density at radius 3 is 2.44 bits per heavy atom. The number of carbonyl (C=O) groups is 2. The number of amides is 1. The average Bonchev–Trinajstić information content (AvgIpc) is 2.76. The molecule has 2 aromatic rings. The van der Waals surface area contributed by atoms with Crippen LogP contribution in [0.2, 0.25) is 0 Å². The summed E-state index contributed by atoms with van der Waals surface area (Å²) in [6.07, 6.45) is 0. The Kier molecular flexibility index (Phi) is 3.33. The van der Waals surface area contributed by atoms with Crippen LogP contribution in [0, 0.1) is 6.92 Å². The zero-order chi connectivity index (χ0) is 13.1. The predicted molar refractivity (Wildman–Crippen MR) is 66.0 cm³/mol. The van der Waals surface area contributed by atoms with E-state index in [0.29, 0.717) is 16.3 Å². The molecule has 2 rings (SSSR count). The molecule has 2 N–H and O–H groups in total. The van der Waals surface area contributed by atoms with Gasteiger partial charge in [-0.25, -0.2) is 4.79 Å². The molecule has 18 heavy (non-hydrogen) atoms. The monoisotopic (exact) mass is 263 g/mol. The summed E-state index contributed by atoms with van der Waals surface area (Å²) in [5.74, 6) is -1.30. The molecule has 0 aliphatic carbocycles. The van der Waals surface area contributed by atoms with Crippen molar-refractivity contribution in [1.29, 1.82) is 0 Å². The number of hydrogen-bond acceptors (Lipinski definition) is 5. The Morgan fingerprint density at radius 2 is 1.94 bits per heavy atom. The van der Waals surface area contributed by atoms with Gasteiger partial charge in [-0.2, -0.15) is 0 Å². The van der Waals surface area contributed by atoms with Crippen LogP contribution >= 0.6 is 11.5 Å². The van der Waals surface area contributed by atoms with Crippen LogP contribution in [-0.2, 0) is 0 Å². The van der Waals surface area contributed by atoms with Crippen LogP contribution in [-0.4, -0.2) is 26.6 Å². The lowest BCUT2D eigenvalue weighted by molar-refractivity contribution is 0.0696. The highest BCUT2D eigenvalue weighted by molar-refractivity contribution is 7.08. The van der Waals surface area contributed by atoms with E-state index in [2.05, 4.69) is 14.9 Å². The molecule has 0 bridgehead atoms. The van der Waals surface area contributed by atoms with Gasteiger partial charge in [-0.1, -0.05) is 4.49 Å². The first-order valence-electron chi connectivity index (χ1n) is 5.01. The van der Waals surface area contributed by atoms with E-state index in [9.17, 15) is 9.59 Å². The molecule has 6 nitrogen and oxygen atoms in total. The van der Waals surface area contributed by atoms with Crippen molar-refractivity contribution in [2.45, 2.75) is 6.92 Å². The van der Waals surface area contributed by atoms with Gasteiger partial charge in [-0.05, 0) is 42.7 Å². The van der Waals surface area contributed by atoms with Gasteiger partial charge in [0.1, 0.15) is 4.88 Å². The van der Waals surface area contributed by atoms with E-state index in [-0.39, 0.29) is 11.5 Å². The fourth-order valence-corrected chi connectivity index (χ4v) is 1.88. The first-order chi connectivity index (χ1) is 8.58. The average molecular weight is 263 g/mol. The second kappa shape index (κ2) is 4.92. The molecule has 1 aromatic heterocycles. The Bertz CT molecular complexity index is 592. The van der Waals surface area contributed by atoms with E-state index in [0.717, 1.165) is 11.5 Å². The quantitative estimate of drug-likeness (QED) is 0.880. The molecule has 1 amide bonds. The van der Waals surface area contributed by atoms with Crippen LogP contribution in [0.5, 0.6) is 0 Å². The summed E-state index contributed by atoms with van der Waals surface area (Å²) in [6, 6.07) is 5.92. The fourth-order valence-electron chi connectivity index (χ4n) is 1.32. The minimum atomic E-state index is -1.00. The van der Waals surface area contributed by atoms with Crippen LogP contribution in [0.3, 0.4) is 0 Å². The number of rotatable bonds is 3. The Balaban J connectivity index is 2.13. The van der Waals surface area contributed by atoms with Crippen LogP contribution in [0.4, 0.5) is 5.69 Å². The molecule has 0 spiro atoms. The van der Waals surface area contributed by atoms with E-state index in [4.69, 9.17) is 5.11 Å². The minimum Gasteiger partial charge on any atom is -0.478 e. The number of carboxylic acid groups (broad SMARTS) is 1. The molecule has 0 fully saturated rings. The molecule has 92 valence electrons. The lowest BCUT2D eigenvalue weighted by Gasteiger charge is -2.03. The maximum Gasteiger partial charge on any atom is 0.335 e. The summed E-state index contributed by atoms with van der Waals surface area (Å²) in [6.45, 7) is 1.70. The maximum absolute atomic E-state index is 11.8. The molecule has 0 radical (unpaired) electrons. The summed E-state index contributed by atoms with van der Waals surface area (Å²) in [5.41, 5.74) is 1.26. The van der Waals surface area contributed by atoms with Crippen LogP contribution in [0.15, 0.2) is 24.3 Å². The number of aromatic carboxylic acids is 1. The number of anilines is 1. The SMILES string of the molecule is Cc1nnsc1C(=O)Nc1ccc(C(=O)O)cc1. The molecule has 0 aliphatic heterocycles.